The number of hydrogen-bond donors (Lipinski definition) is 1. The predicted molar refractivity (Wildman–Crippen MR) is 68.7 cm³/mol. The molecule has 0 radical (unpaired) electrons. The van der Waals surface area contributed by atoms with Crippen molar-refractivity contribution < 1.29 is 0 Å². The van der Waals surface area contributed by atoms with Gasteiger partial charge in [-0.2, -0.15) is 0 Å². The van der Waals surface area contributed by atoms with Crippen LogP contribution in [-0.2, 0) is 5.54 Å². The summed E-state index contributed by atoms with van der Waals surface area (Å²) in [5.74, 6) is 0. The summed E-state index contributed by atoms with van der Waals surface area (Å²) in [5, 5.41) is 0.822. The molecular weight excluding hydrogens is 220 g/mol. The molecule has 88 valence electrons. The van der Waals surface area contributed by atoms with Crippen LogP contribution in [0.5, 0.6) is 0 Å². The molecule has 3 heteroatoms. The van der Waals surface area contributed by atoms with E-state index < -0.39 is 0 Å². The first-order chi connectivity index (χ1) is 7.68. The molecule has 2 nitrogen and oxygen atoms in total. The Morgan fingerprint density at radius 3 is 2.50 bits per heavy atom. The molecule has 2 rings (SSSR count). The van der Waals surface area contributed by atoms with Crippen molar-refractivity contribution in [3.8, 4) is 0 Å². The van der Waals surface area contributed by atoms with Crippen molar-refractivity contribution >= 4 is 11.6 Å². The van der Waals surface area contributed by atoms with Crippen molar-refractivity contribution in [1.82, 2.24) is 4.90 Å². The van der Waals surface area contributed by atoms with Gasteiger partial charge in [0.05, 0.1) is 5.54 Å². The average Bonchev–Trinajstić information content (AvgIpc) is 2.82. The Morgan fingerprint density at radius 1 is 1.31 bits per heavy atom. The standard InChI is InChI=1S/C13H19ClN2/c1-13(10-15,16-8-4-5-9-16)11-6-2-3-7-12(11)14/h2-3,6-7H,4-5,8-10,15H2,1H3/t13-/m1/s1. The van der Waals surface area contributed by atoms with E-state index in [0.717, 1.165) is 23.7 Å². The highest BCUT2D eigenvalue weighted by atomic mass is 35.5. The molecule has 1 aliphatic heterocycles. The Hall–Kier alpha value is -0.570. The minimum atomic E-state index is -0.116. The molecule has 1 heterocycles. The summed E-state index contributed by atoms with van der Waals surface area (Å²) in [6.07, 6.45) is 2.53. The van der Waals surface area contributed by atoms with E-state index in [9.17, 15) is 0 Å². The van der Waals surface area contributed by atoms with Crippen LogP contribution in [0.25, 0.3) is 0 Å². The lowest BCUT2D eigenvalue weighted by Crippen LogP contribution is -2.47. The van der Waals surface area contributed by atoms with Crippen LogP contribution in [0.1, 0.15) is 25.3 Å². The van der Waals surface area contributed by atoms with E-state index in [1.165, 1.54) is 12.8 Å². The van der Waals surface area contributed by atoms with Crippen molar-refractivity contribution in [3.63, 3.8) is 0 Å². The van der Waals surface area contributed by atoms with Gasteiger partial charge < -0.3 is 5.73 Å². The highest BCUT2D eigenvalue weighted by Crippen LogP contribution is 2.34. The Morgan fingerprint density at radius 2 is 1.94 bits per heavy atom. The summed E-state index contributed by atoms with van der Waals surface area (Å²) in [7, 11) is 0. The van der Waals surface area contributed by atoms with Crippen LogP contribution in [0.2, 0.25) is 5.02 Å². The first-order valence-corrected chi connectivity index (χ1v) is 6.26. The van der Waals surface area contributed by atoms with E-state index in [-0.39, 0.29) is 5.54 Å². The molecule has 1 aromatic rings. The number of hydrogen-bond acceptors (Lipinski definition) is 2. The third kappa shape index (κ3) is 1.97. The van der Waals surface area contributed by atoms with Crippen LogP contribution in [0.15, 0.2) is 24.3 Å². The maximum Gasteiger partial charge on any atom is 0.0569 e. The number of nitrogens with two attached hydrogens (primary N) is 1. The van der Waals surface area contributed by atoms with Gasteiger partial charge in [-0.05, 0) is 44.5 Å². The highest BCUT2D eigenvalue weighted by molar-refractivity contribution is 6.31. The largest absolute Gasteiger partial charge is 0.328 e. The summed E-state index contributed by atoms with van der Waals surface area (Å²) in [5.41, 5.74) is 7.02. The third-order valence-corrected chi connectivity index (χ3v) is 3.99. The van der Waals surface area contributed by atoms with Crippen LogP contribution < -0.4 is 5.73 Å². The normalized spacial score (nSPS) is 20.9. The van der Waals surface area contributed by atoms with Gasteiger partial charge in [0.15, 0.2) is 0 Å². The number of likely N-dealkylation sites (tertiary alicyclic amines) is 1. The van der Waals surface area contributed by atoms with E-state index in [1.807, 2.05) is 18.2 Å². The lowest BCUT2D eigenvalue weighted by Gasteiger charge is -2.39. The Bertz CT molecular complexity index is 361. The van der Waals surface area contributed by atoms with Gasteiger partial charge in [0.25, 0.3) is 0 Å². The van der Waals surface area contributed by atoms with Crippen molar-refractivity contribution in [2.75, 3.05) is 19.6 Å². The molecule has 0 amide bonds. The zero-order valence-corrected chi connectivity index (χ0v) is 10.5. The fourth-order valence-electron chi connectivity index (χ4n) is 2.52. The fraction of sp³-hybridized carbons (Fsp3) is 0.538. The lowest BCUT2D eigenvalue weighted by atomic mass is 9.90. The average molecular weight is 239 g/mol. The van der Waals surface area contributed by atoms with Crippen molar-refractivity contribution in [2.24, 2.45) is 5.73 Å². The van der Waals surface area contributed by atoms with Crippen molar-refractivity contribution in [1.29, 1.82) is 0 Å². The number of halogens is 1. The van der Waals surface area contributed by atoms with Crippen LogP contribution in [0, 0.1) is 0 Å². The zero-order valence-electron chi connectivity index (χ0n) is 9.75. The topological polar surface area (TPSA) is 29.3 Å². The molecule has 0 aromatic heterocycles. The molecule has 0 unspecified atom stereocenters. The summed E-state index contributed by atoms with van der Waals surface area (Å²) < 4.78 is 0. The second kappa shape index (κ2) is 4.74. The van der Waals surface area contributed by atoms with Crippen LogP contribution in [-0.4, -0.2) is 24.5 Å². The van der Waals surface area contributed by atoms with Gasteiger partial charge in [-0.3, -0.25) is 4.90 Å². The molecule has 1 aromatic carbocycles. The second-order valence-electron chi connectivity index (χ2n) is 4.65. The summed E-state index contributed by atoms with van der Waals surface area (Å²) >= 11 is 6.28. The quantitative estimate of drug-likeness (QED) is 0.877. The number of nitrogens with zero attached hydrogens (tertiary/aromatic N) is 1. The minimum Gasteiger partial charge on any atom is -0.328 e. The monoisotopic (exact) mass is 238 g/mol. The van der Waals surface area contributed by atoms with E-state index in [1.54, 1.807) is 0 Å². The third-order valence-electron chi connectivity index (χ3n) is 3.66. The number of rotatable bonds is 3. The second-order valence-corrected chi connectivity index (χ2v) is 5.06. The molecule has 16 heavy (non-hydrogen) atoms. The smallest absolute Gasteiger partial charge is 0.0569 e. The maximum absolute atomic E-state index is 6.28. The highest BCUT2D eigenvalue weighted by Gasteiger charge is 2.35. The predicted octanol–water partition coefficient (Wildman–Crippen LogP) is 2.61. The summed E-state index contributed by atoms with van der Waals surface area (Å²) in [4.78, 5) is 2.45. The molecule has 2 N–H and O–H groups in total. The van der Waals surface area contributed by atoms with Crippen molar-refractivity contribution in [3.05, 3.63) is 34.9 Å². The molecular formula is C13H19ClN2. The fourth-order valence-corrected chi connectivity index (χ4v) is 2.86. The Labute approximate surface area is 102 Å². The van der Waals surface area contributed by atoms with Gasteiger partial charge in [0, 0.05) is 11.6 Å². The lowest BCUT2D eigenvalue weighted by molar-refractivity contribution is 0.143. The van der Waals surface area contributed by atoms with Gasteiger partial charge in [0.2, 0.25) is 0 Å². The summed E-state index contributed by atoms with van der Waals surface area (Å²) in [6, 6.07) is 8.03. The first kappa shape index (κ1) is 11.9. The Balaban J connectivity index is 2.37. The maximum atomic E-state index is 6.28. The van der Waals surface area contributed by atoms with E-state index in [0.29, 0.717) is 6.54 Å². The SMILES string of the molecule is C[C@@](CN)(c1ccccc1Cl)N1CCCC1. The van der Waals surface area contributed by atoms with Gasteiger partial charge in [-0.15, -0.1) is 0 Å². The van der Waals surface area contributed by atoms with Crippen LogP contribution in [0.4, 0.5) is 0 Å². The molecule has 0 saturated carbocycles. The van der Waals surface area contributed by atoms with E-state index >= 15 is 0 Å². The van der Waals surface area contributed by atoms with Crippen LogP contribution in [0.3, 0.4) is 0 Å². The van der Waals surface area contributed by atoms with E-state index in [2.05, 4.69) is 17.9 Å². The van der Waals surface area contributed by atoms with Gasteiger partial charge >= 0.3 is 0 Å². The zero-order chi connectivity index (χ0) is 11.6. The van der Waals surface area contributed by atoms with Crippen LogP contribution >= 0.6 is 11.6 Å². The van der Waals surface area contributed by atoms with Gasteiger partial charge in [-0.1, -0.05) is 29.8 Å². The van der Waals surface area contributed by atoms with Gasteiger partial charge in [0.1, 0.15) is 0 Å². The molecule has 0 aliphatic carbocycles. The minimum absolute atomic E-state index is 0.116. The van der Waals surface area contributed by atoms with Crippen molar-refractivity contribution in [2.45, 2.75) is 25.3 Å². The number of benzene rings is 1. The molecule has 1 fully saturated rings. The van der Waals surface area contributed by atoms with E-state index in [4.69, 9.17) is 17.3 Å². The Kier molecular flexibility index (Phi) is 3.53. The summed E-state index contributed by atoms with van der Waals surface area (Å²) in [6.45, 7) is 5.05. The molecule has 1 aliphatic rings. The molecule has 1 atom stereocenters. The molecule has 1 saturated heterocycles. The first-order valence-electron chi connectivity index (χ1n) is 5.88. The molecule has 0 spiro atoms. The van der Waals surface area contributed by atoms with Gasteiger partial charge in [-0.25, -0.2) is 0 Å². The molecule has 0 bridgehead atoms.